The first-order valence-corrected chi connectivity index (χ1v) is 7.44. The van der Waals surface area contributed by atoms with Gasteiger partial charge in [-0.25, -0.2) is 4.39 Å². The van der Waals surface area contributed by atoms with E-state index in [-0.39, 0.29) is 17.6 Å². The van der Waals surface area contributed by atoms with Crippen LogP contribution < -0.4 is 10.5 Å². The number of hydrogen-bond donors (Lipinski definition) is 1. The summed E-state index contributed by atoms with van der Waals surface area (Å²) < 4.78 is 20.3. The molecule has 0 aliphatic heterocycles. The van der Waals surface area contributed by atoms with Crippen molar-refractivity contribution in [3.63, 3.8) is 0 Å². The predicted molar refractivity (Wildman–Crippen MR) is 87.5 cm³/mol. The zero-order valence-corrected chi connectivity index (χ0v) is 13.6. The standard InChI is InChI=1S/C16H17FINO/c1-10-5-3-7-12(16(10)18)13(19)9-11-6-4-8-14(20-2)15(11)17/h3-8,13H,9,19H2,1-2H3. The van der Waals surface area contributed by atoms with Gasteiger partial charge in [0.05, 0.1) is 7.11 Å². The normalized spacial score (nSPS) is 12.2. The Morgan fingerprint density at radius 2 is 1.95 bits per heavy atom. The summed E-state index contributed by atoms with van der Waals surface area (Å²) >= 11 is 2.29. The van der Waals surface area contributed by atoms with E-state index in [4.69, 9.17) is 10.5 Å². The van der Waals surface area contributed by atoms with E-state index in [0.29, 0.717) is 12.0 Å². The second-order valence-corrected chi connectivity index (χ2v) is 5.80. The molecule has 0 amide bonds. The molecule has 0 radical (unpaired) electrons. The second-order valence-electron chi connectivity index (χ2n) is 4.72. The molecule has 0 heterocycles. The topological polar surface area (TPSA) is 35.2 Å². The van der Waals surface area contributed by atoms with Crippen LogP contribution in [0.4, 0.5) is 4.39 Å². The Balaban J connectivity index is 2.28. The third kappa shape index (κ3) is 3.12. The largest absolute Gasteiger partial charge is 0.494 e. The minimum Gasteiger partial charge on any atom is -0.494 e. The van der Waals surface area contributed by atoms with Gasteiger partial charge < -0.3 is 10.5 Å². The van der Waals surface area contributed by atoms with Gasteiger partial charge in [-0.1, -0.05) is 30.3 Å². The van der Waals surface area contributed by atoms with Gasteiger partial charge in [-0.15, -0.1) is 0 Å². The van der Waals surface area contributed by atoms with E-state index >= 15 is 0 Å². The van der Waals surface area contributed by atoms with Crippen LogP contribution in [-0.4, -0.2) is 7.11 Å². The zero-order chi connectivity index (χ0) is 14.7. The van der Waals surface area contributed by atoms with Gasteiger partial charge in [0.25, 0.3) is 0 Å². The number of halogens is 2. The molecule has 2 rings (SSSR count). The summed E-state index contributed by atoms with van der Waals surface area (Å²) in [7, 11) is 1.46. The number of aryl methyl sites for hydroxylation is 1. The highest BCUT2D eigenvalue weighted by molar-refractivity contribution is 14.1. The van der Waals surface area contributed by atoms with Crippen LogP contribution in [-0.2, 0) is 6.42 Å². The highest BCUT2D eigenvalue weighted by atomic mass is 127. The fraction of sp³-hybridized carbons (Fsp3) is 0.250. The fourth-order valence-electron chi connectivity index (χ4n) is 2.17. The summed E-state index contributed by atoms with van der Waals surface area (Å²) in [5, 5.41) is 0. The van der Waals surface area contributed by atoms with Gasteiger partial charge in [0.2, 0.25) is 0 Å². The minimum atomic E-state index is -0.326. The number of benzene rings is 2. The quantitative estimate of drug-likeness (QED) is 0.808. The van der Waals surface area contributed by atoms with E-state index in [1.165, 1.54) is 12.7 Å². The average Bonchev–Trinajstić information content (AvgIpc) is 2.44. The third-order valence-corrected chi connectivity index (χ3v) is 4.80. The molecule has 2 N–H and O–H groups in total. The fourth-order valence-corrected chi connectivity index (χ4v) is 2.93. The molecule has 0 saturated carbocycles. The van der Waals surface area contributed by atoms with E-state index in [0.717, 1.165) is 9.13 Å². The molecule has 2 nitrogen and oxygen atoms in total. The Bertz CT molecular complexity index is 615. The van der Waals surface area contributed by atoms with Crippen molar-refractivity contribution in [1.82, 2.24) is 0 Å². The molecule has 2 aromatic rings. The van der Waals surface area contributed by atoms with Crippen molar-refractivity contribution in [3.8, 4) is 5.75 Å². The van der Waals surface area contributed by atoms with Crippen LogP contribution in [0.5, 0.6) is 5.75 Å². The lowest BCUT2D eigenvalue weighted by Gasteiger charge is -2.16. The van der Waals surface area contributed by atoms with Gasteiger partial charge in [0, 0.05) is 9.61 Å². The predicted octanol–water partition coefficient (Wildman–Crippen LogP) is 3.99. The Morgan fingerprint density at radius 1 is 1.25 bits per heavy atom. The lowest BCUT2D eigenvalue weighted by Crippen LogP contribution is -2.16. The molecule has 2 aromatic carbocycles. The molecule has 0 fully saturated rings. The molecule has 1 atom stereocenters. The molecule has 20 heavy (non-hydrogen) atoms. The summed E-state index contributed by atoms with van der Waals surface area (Å²) in [6.07, 6.45) is 0.447. The van der Waals surface area contributed by atoms with Crippen LogP contribution in [0, 0.1) is 16.3 Å². The molecule has 1 unspecified atom stereocenters. The SMILES string of the molecule is COc1cccc(CC(N)c2cccc(C)c2I)c1F. The first-order valence-electron chi connectivity index (χ1n) is 6.36. The van der Waals surface area contributed by atoms with Gasteiger partial charge in [0.1, 0.15) is 0 Å². The van der Waals surface area contributed by atoms with Gasteiger partial charge in [0.15, 0.2) is 11.6 Å². The maximum absolute atomic E-state index is 14.1. The molecule has 0 aliphatic carbocycles. The highest BCUT2D eigenvalue weighted by Gasteiger charge is 2.15. The molecule has 4 heteroatoms. The smallest absolute Gasteiger partial charge is 0.168 e. The van der Waals surface area contributed by atoms with Crippen LogP contribution in [0.25, 0.3) is 0 Å². The Labute approximate surface area is 132 Å². The number of rotatable bonds is 4. The van der Waals surface area contributed by atoms with Crippen molar-refractivity contribution < 1.29 is 9.13 Å². The lowest BCUT2D eigenvalue weighted by molar-refractivity contribution is 0.383. The lowest BCUT2D eigenvalue weighted by atomic mass is 9.98. The Hall–Kier alpha value is -1.14. The number of nitrogens with two attached hydrogens (primary N) is 1. The van der Waals surface area contributed by atoms with E-state index in [2.05, 4.69) is 22.6 Å². The van der Waals surface area contributed by atoms with E-state index in [1.54, 1.807) is 18.2 Å². The van der Waals surface area contributed by atoms with Crippen molar-refractivity contribution in [2.45, 2.75) is 19.4 Å². The molecule has 0 saturated heterocycles. The van der Waals surface area contributed by atoms with Gasteiger partial charge in [-0.2, -0.15) is 0 Å². The summed E-state index contributed by atoms with van der Waals surface area (Å²) in [6, 6.07) is 10.9. The van der Waals surface area contributed by atoms with Crippen molar-refractivity contribution in [3.05, 3.63) is 62.5 Å². The molecule has 0 spiro atoms. The molecule has 0 aliphatic rings. The highest BCUT2D eigenvalue weighted by Crippen LogP contribution is 2.27. The summed E-state index contributed by atoms with van der Waals surface area (Å²) in [5.41, 5.74) is 9.06. The molecule has 0 aromatic heterocycles. The first kappa shape index (κ1) is 15.3. The van der Waals surface area contributed by atoms with Crippen molar-refractivity contribution in [1.29, 1.82) is 0 Å². The summed E-state index contributed by atoms with van der Waals surface area (Å²) in [5.74, 6) is -0.0678. The maximum Gasteiger partial charge on any atom is 0.168 e. The van der Waals surface area contributed by atoms with Crippen LogP contribution in [0.15, 0.2) is 36.4 Å². The zero-order valence-electron chi connectivity index (χ0n) is 11.5. The van der Waals surface area contributed by atoms with Gasteiger partial charge in [-0.05, 0) is 58.7 Å². The van der Waals surface area contributed by atoms with Gasteiger partial charge >= 0.3 is 0 Å². The molecule has 106 valence electrons. The summed E-state index contributed by atoms with van der Waals surface area (Å²) in [4.78, 5) is 0. The maximum atomic E-state index is 14.1. The van der Waals surface area contributed by atoms with E-state index < -0.39 is 0 Å². The summed E-state index contributed by atoms with van der Waals surface area (Å²) in [6.45, 7) is 2.05. The Morgan fingerprint density at radius 3 is 2.65 bits per heavy atom. The number of methoxy groups -OCH3 is 1. The van der Waals surface area contributed by atoms with Crippen molar-refractivity contribution in [2.24, 2.45) is 5.73 Å². The monoisotopic (exact) mass is 385 g/mol. The average molecular weight is 385 g/mol. The van der Waals surface area contributed by atoms with Crippen molar-refractivity contribution >= 4 is 22.6 Å². The second kappa shape index (κ2) is 6.54. The molecular weight excluding hydrogens is 368 g/mol. The van der Waals surface area contributed by atoms with Crippen molar-refractivity contribution in [2.75, 3.05) is 7.11 Å². The van der Waals surface area contributed by atoms with E-state index in [1.807, 2.05) is 25.1 Å². The van der Waals surface area contributed by atoms with Crippen LogP contribution in [0.2, 0.25) is 0 Å². The van der Waals surface area contributed by atoms with Gasteiger partial charge in [-0.3, -0.25) is 0 Å². The molecular formula is C16H17FINO. The third-order valence-electron chi connectivity index (χ3n) is 3.32. The first-order chi connectivity index (χ1) is 9.54. The number of ether oxygens (including phenoxy) is 1. The van der Waals surface area contributed by atoms with E-state index in [9.17, 15) is 4.39 Å². The van der Waals surface area contributed by atoms with Crippen LogP contribution in [0.1, 0.15) is 22.7 Å². The minimum absolute atomic E-state index is 0.233. The number of hydrogen-bond acceptors (Lipinski definition) is 2. The van der Waals surface area contributed by atoms with Crippen LogP contribution >= 0.6 is 22.6 Å². The Kier molecular flexibility index (Phi) is 4.99. The van der Waals surface area contributed by atoms with Crippen LogP contribution in [0.3, 0.4) is 0 Å². The molecule has 0 bridgehead atoms.